The topological polar surface area (TPSA) is 91.6 Å². The molecule has 0 radical (unpaired) electrons. The summed E-state index contributed by atoms with van der Waals surface area (Å²) in [5.74, 6) is -5.74. The lowest BCUT2D eigenvalue weighted by atomic mass is 9.87. The number of amides is 1. The van der Waals surface area contributed by atoms with Gasteiger partial charge in [0.25, 0.3) is 5.56 Å². The first-order valence-corrected chi connectivity index (χ1v) is 16.1. The van der Waals surface area contributed by atoms with E-state index in [4.69, 9.17) is 0 Å². The molecule has 7 nitrogen and oxygen atoms in total. The molecule has 3 aromatic rings. The number of nitrogens with one attached hydrogen (secondary N) is 1. The van der Waals surface area contributed by atoms with Crippen molar-refractivity contribution in [2.24, 2.45) is 5.92 Å². The number of halogens is 8. The number of carbonyl (C=O) groups excluding carboxylic acids is 1. The first-order valence-electron chi connectivity index (χ1n) is 16.1. The van der Waals surface area contributed by atoms with Crippen LogP contribution in [0.4, 0.5) is 35.1 Å². The molecule has 2 atom stereocenters. The van der Waals surface area contributed by atoms with Gasteiger partial charge in [-0.1, -0.05) is 19.9 Å². The Morgan fingerprint density at radius 3 is 2.06 bits per heavy atom. The molecule has 0 fully saturated rings. The molecule has 0 bridgehead atoms. The van der Waals surface area contributed by atoms with E-state index in [1.807, 2.05) is 0 Å². The van der Waals surface area contributed by atoms with Crippen LogP contribution < -0.4 is 10.9 Å². The van der Waals surface area contributed by atoms with Gasteiger partial charge in [0, 0.05) is 23.4 Å². The summed E-state index contributed by atoms with van der Waals surface area (Å²) in [6.07, 6.45) is -9.82. The second-order valence-corrected chi connectivity index (χ2v) is 13.4. The molecule has 280 valence electrons. The van der Waals surface area contributed by atoms with E-state index in [1.54, 1.807) is 32.8 Å². The molecule has 15 heteroatoms. The first-order chi connectivity index (χ1) is 23.4. The predicted molar refractivity (Wildman–Crippen MR) is 175 cm³/mol. The number of aromatic nitrogens is 1. The SMILES string of the molecule is Cc1cc(-c2c(C)ccc(C(F)(F)F)c2C)c(F)c(C(CC(=O)O)NC(=O)C(CC(C)C)n2cc(CCCN(C)C)c(C(F)(F)F)cc2=O)c1F. The molecule has 1 amide bonds. The smallest absolute Gasteiger partial charge is 0.416 e. The highest BCUT2D eigenvalue weighted by atomic mass is 19.4. The van der Waals surface area contributed by atoms with Gasteiger partial charge in [0.2, 0.25) is 5.91 Å². The zero-order chi connectivity index (χ0) is 38.7. The molecular weight excluding hydrogens is 690 g/mol. The number of carboxylic acids is 1. The number of pyridine rings is 1. The molecule has 0 saturated heterocycles. The minimum Gasteiger partial charge on any atom is -0.481 e. The van der Waals surface area contributed by atoms with E-state index >= 15 is 8.78 Å². The molecule has 1 aromatic heterocycles. The standard InChI is InChI=1S/C36H41F8N3O4/c1-18(2)13-27(47-17-22(9-8-12-46(6)7)25(15-28(47)48)36(42,43)44)34(51)45-26(16-29(49)50)31-32(37)20(4)14-23(33(31)38)30-19(3)10-11-24(21(30)5)35(39,40)41/h10-11,14-15,17-18,26-27H,8-9,12-13,16H2,1-7H3,(H,45,51)(H,49,50). The van der Waals surface area contributed by atoms with Crippen molar-refractivity contribution >= 4 is 11.9 Å². The van der Waals surface area contributed by atoms with Crippen molar-refractivity contribution in [2.75, 3.05) is 20.6 Å². The average molecular weight is 732 g/mol. The summed E-state index contributed by atoms with van der Waals surface area (Å²) in [7, 11) is 3.46. The fraction of sp³-hybridized carbons (Fsp3) is 0.472. The summed E-state index contributed by atoms with van der Waals surface area (Å²) >= 11 is 0. The summed E-state index contributed by atoms with van der Waals surface area (Å²) in [6.45, 7) is 7.47. The average Bonchev–Trinajstić information content (AvgIpc) is 2.97. The van der Waals surface area contributed by atoms with Crippen LogP contribution in [-0.4, -0.2) is 47.1 Å². The molecule has 0 aliphatic carbocycles. The van der Waals surface area contributed by atoms with E-state index in [1.165, 1.54) is 13.8 Å². The van der Waals surface area contributed by atoms with Crippen molar-refractivity contribution in [3.63, 3.8) is 0 Å². The highest BCUT2D eigenvalue weighted by Crippen LogP contribution is 2.41. The quantitative estimate of drug-likeness (QED) is 0.173. The van der Waals surface area contributed by atoms with Gasteiger partial charge in [-0.25, -0.2) is 8.78 Å². The van der Waals surface area contributed by atoms with E-state index in [0.29, 0.717) is 12.6 Å². The van der Waals surface area contributed by atoms with Crippen LogP contribution in [0.3, 0.4) is 0 Å². The van der Waals surface area contributed by atoms with Gasteiger partial charge in [-0.3, -0.25) is 14.4 Å². The van der Waals surface area contributed by atoms with E-state index in [2.05, 4.69) is 5.32 Å². The second-order valence-electron chi connectivity index (χ2n) is 13.4. The van der Waals surface area contributed by atoms with Crippen LogP contribution in [-0.2, 0) is 28.4 Å². The van der Waals surface area contributed by atoms with Gasteiger partial charge in [-0.15, -0.1) is 0 Å². The zero-order valence-electron chi connectivity index (χ0n) is 29.2. The van der Waals surface area contributed by atoms with Crippen LogP contribution in [0.15, 0.2) is 35.3 Å². The summed E-state index contributed by atoms with van der Waals surface area (Å²) in [5, 5.41) is 12.0. The molecule has 3 rings (SSSR count). The highest BCUT2D eigenvalue weighted by Gasteiger charge is 2.37. The van der Waals surface area contributed by atoms with Gasteiger partial charge >= 0.3 is 18.3 Å². The number of hydrogen-bond acceptors (Lipinski definition) is 4. The fourth-order valence-corrected chi connectivity index (χ4v) is 6.20. The zero-order valence-corrected chi connectivity index (χ0v) is 29.2. The number of benzene rings is 2. The monoisotopic (exact) mass is 731 g/mol. The Bertz CT molecular complexity index is 1830. The third-order valence-corrected chi connectivity index (χ3v) is 8.56. The number of aryl methyl sites for hydroxylation is 3. The number of nitrogens with zero attached hydrogens (tertiary/aromatic N) is 2. The Kier molecular flexibility index (Phi) is 12.9. The third kappa shape index (κ3) is 9.75. The normalized spacial score (nSPS) is 13.5. The number of hydrogen-bond donors (Lipinski definition) is 2. The molecule has 0 aliphatic rings. The van der Waals surface area contributed by atoms with Crippen LogP contribution in [0, 0.1) is 38.3 Å². The summed E-state index contributed by atoms with van der Waals surface area (Å²) in [5.41, 5.74) is -5.72. The number of carbonyl (C=O) groups is 2. The first kappa shape index (κ1) is 41.2. The Hall–Kier alpha value is -4.27. The van der Waals surface area contributed by atoms with Crippen LogP contribution in [0.5, 0.6) is 0 Å². The summed E-state index contributed by atoms with van der Waals surface area (Å²) < 4.78 is 116. The summed E-state index contributed by atoms with van der Waals surface area (Å²) in [4.78, 5) is 40.9. The molecule has 2 unspecified atom stereocenters. The molecule has 0 saturated carbocycles. The molecular formula is C36H41F8N3O4. The number of aliphatic carboxylic acids is 1. The van der Waals surface area contributed by atoms with Crippen molar-refractivity contribution in [1.29, 1.82) is 0 Å². The van der Waals surface area contributed by atoms with Crippen molar-refractivity contribution in [3.8, 4) is 11.1 Å². The van der Waals surface area contributed by atoms with E-state index in [-0.39, 0.29) is 53.0 Å². The Labute approximate surface area is 290 Å². The van der Waals surface area contributed by atoms with Crippen molar-refractivity contribution in [2.45, 2.75) is 84.7 Å². The van der Waals surface area contributed by atoms with E-state index < -0.39 is 82.2 Å². The van der Waals surface area contributed by atoms with Crippen LogP contribution in [0.2, 0.25) is 0 Å². The van der Waals surface area contributed by atoms with Gasteiger partial charge in [0.15, 0.2) is 0 Å². The van der Waals surface area contributed by atoms with E-state index in [0.717, 1.165) is 35.9 Å². The van der Waals surface area contributed by atoms with Crippen LogP contribution >= 0.6 is 0 Å². The maximum atomic E-state index is 16.5. The number of alkyl halides is 6. The van der Waals surface area contributed by atoms with Gasteiger partial charge in [0.1, 0.15) is 17.7 Å². The Balaban J connectivity index is 2.22. The van der Waals surface area contributed by atoms with Gasteiger partial charge in [-0.05, 0) is 107 Å². The minimum absolute atomic E-state index is 0.109. The van der Waals surface area contributed by atoms with Crippen molar-refractivity contribution in [1.82, 2.24) is 14.8 Å². The Morgan fingerprint density at radius 2 is 1.53 bits per heavy atom. The van der Waals surface area contributed by atoms with Crippen LogP contribution in [0.1, 0.15) is 84.1 Å². The molecule has 0 spiro atoms. The minimum atomic E-state index is -4.89. The largest absolute Gasteiger partial charge is 0.481 e. The van der Waals surface area contributed by atoms with Gasteiger partial charge < -0.3 is 19.9 Å². The number of carboxylic acid groups (broad SMARTS) is 1. The predicted octanol–water partition coefficient (Wildman–Crippen LogP) is 8.17. The lowest BCUT2D eigenvalue weighted by molar-refractivity contribution is -0.139. The van der Waals surface area contributed by atoms with Gasteiger partial charge in [0.05, 0.1) is 23.6 Å². The molecule has 51 heavy (non-hydrogen) atoms. The maximum Gasteiger partial charge on any atom is 0.416 e. The molecule has 2 N–H and O–H groups in total. The van der Waals surface area contributed by atoms with Crippen molar-refractivity contribution < 1.29 is 49.8 Å². The summed E-state index contributed by atoms with van der Waals surface area (Å²) in [6, 6.07) is -0.169. The molecule has 2 aromatic carbocycles. The third-order valence-electron chi connectivity index (χ3n) is 8.56. The second kappa shape index (κ2) is 16.0. The lowest BCUT2D eigenvalue weighted by Crippen LogP contribution is -2.41. The van der Waals surface area contributed by atoms with E-state index in [9.17, 15) is 45.8 Å². The maximum absolute atomic E-state index is 16.5. The number of rotatable bonds is 13. The van der Waals surface area contributed by atoms with Crippen LogP contribution in [0.25, 0.3) is 11.1 Å². The highest BCUT2D eigenvalue weighted by molar-refractivity contribution is 5.82. The van der Waals surface area contributed by atoms with Gasteiger partial charge in [-0.2, -0.15) is 26.3 Å². The van der Waals surface area contributed by atoms with Crippen molar-refractivity contribution in [3.05, 3.63) is 91.4 Å². The molecule has 0 aliphatic heterocycles. The molecule has 1 heterocycles. The fourth-order valence-electron chi connectivity index (χ4n) is 6.20. The Morgan fingerprint density at radius 1 is 0.922 bits per heavy atom. The lowest BCUT2D eigenvalue weighted by Gasteiger charge is -2.27.